The number of imidazole rings is 1. The van der Waals surface area contributed by atoms with Gasteiger partial charge in [-0.2, -0.15) is 0 Å². The van der Waals surface area contributed by atoms with Crippen molar-refractivity contribution in [2.24, 2.45) is 0 Å². The number of para-hydroxylation sites is 2. The zero-order valence-electron chi connectivity index (χ0n) is 16.5. The van der Waals surface area contributed by atoms with Crippen LogP contribution >= 0.6 is 0 Å². The van der Waals surface area contributed by atoms with Gasteiger partial charge in [0.05, 0.1) is 17.6 Å². The van der Waals surface area contributed by atoms with Gasteiger partial charge in [0, 0.05) is 13.0 Å². The van der Waals surface area contributed by atoms with Gasteiger partial charge in [-0.15, -0.1) is 0 Å². The SMILES string of the molecule is CCCC(=O)NCc1nc2ccccc2n1Cc1ccc(C(C)CC)cc1. The van der Waals surface area contributed by atoms with Crippen molar-refractivity contribution in [1.82, 2.24) is 14.9 Å². The number of nitrogens with zero attached hydrogens (tertiary/aromatic N) is 2. The molecule has 0 aliphatic carbocycles. The fourth-order valence-electron chi connectivity index (χ4n) is 3.30. The molecule has 0 spiro atoms. The van der Waals surface area contributed by atoms with E-state index in [4.69, 9.17) is 4.98 Å². The summed E-state index contributed by atoms with van der Waals surface area (Å²) in [5.41, 5.74) is 4.69. The highest BCUT2D eigenvalue weighted by Crippen LogP contribution is 2.21. The summed E-state index contributed by atoms with van der Waals surface area (Å²) >= 11 is 0. The van der Waals surface area contributed by atoms with Crippen molar-refractivity contribution in [2.75, 3.05) is 0 Å². The topological polar surface area (TPSA) is 46.9 Å². The minimum absolute atomic E-state index is 0.0778. The Morgan fingerprint density at radius 2 is 1.85 bits per heavy atom. The molecule has 0 saturated carbocycles. The molecule has 0 saturated heterocycles. The number of rotatable bonds is 8. The maximum absolute atomic E-state index is 11.9. The van der Waals surface area contributed by atoms with E-state index in [0.717, 1.165) is 36.2 Å². The van der Waals surface area contributed by atoms with Crippen molar-refractivity contribution in [2.45, 2.75) is 59.0 Å². The molecule has 4 heteroatoms. The lowest BCUT2D eigenvalue weighted by molar-refractivity contribution is -0.121. The lowest BCUT2D eigenvalue weighted by Gasteiger charge is -2.13. The summed E-state index contributed by atoms with van der Waals surface area (Å²) in [6.45, 7) is 7.70. The van der Waals surface area contributed by atoms with Crippen LogP contribution in [0, 0.1) is 0 Å². The van der Waals surface area contributed by atoms with Gasteiger partial charge in [0.2, 0.25) is 5.91 Å². The van der Waals surface area contributed by atoms with Gasteiger partial charge in [0.1, 0.15) is 5.82 Å². The van der Waals surface area contributed by atoms with Crippen LogP contribution in [0.5, 0.6) is 0 Å². The van der Waals surface area contributed by atoms with E-state index in [1.54, 1.807) is 0 Å². The normalized spacial score (nSPS) is 12.3. The molecule has 0 fully saturated rings. The van der Waals surface area contributed by atoms with Gasteiger partial charge in [-0.25, -0.2) is 4.98 Å². The summed E-state index contributed by atoms with van der Waals surface area (Å²) in [5, 5.41) is 3.00. The second-order valence-electron chi connectivity index (χ2n) is 7.18. The number of fused-ring (bicyclic) bond motifs is 1. The van der Waals surface area contributed by atoms with E-state index < -0.39 is 0 Å². The van der Waals surface area contributed by atoms with Crippen LogP contribution in [0.25, 0.3) is 11.0 Å². The average molecular weight is 364 g/mol. The summed E-state index contributed by atoms with van der Waals surface area (Å²) in [6, 6.07) is 17.0. The molecule has 0 bridgehead atoms. The third-order valence-electron chi connectivity index (χ3n) is 5.16. The number of benzene rings is 2. The molecule has 1 atom stereocenters. The molecular formula is C23H29N3O. The van der Waals surface area contributed by atoms with Crippen molar-refractivity contribution in [3.63, 3.8) is 0 Å². The zero-order valence-corrected chi connectivity index (χ0v) is 16.5. The molecule has 1 amide bonds. The highest BCUT2D eigenvalue weighted by Gasteiger charge is 2.12. The summed E-state index contributed by atoms with van der Waals surface area (Å²) in [6.07, 6.45) is 2.55. The van der Waals surface area contributed by atoms with Gasteiger partial charge >= 0.3 is 0 Å². The van der Waals surface area contributed by atoms with Crippen LogP contribution in [-0.2, 0) is 17.9 Å². The number of aromatic nitrogens is 2. The van der Waals surface area contributed by atoms with Gasteiger partial charge < -0.3 is 9.88 Å². The predicted molar refractivity (Wildman–Crippen MR) is 111 cm³/mol. The Hall–Kier alpha value is -2.62. The number of carbonyl (C=O) groups is 1. The van der Waals surface area contributed by atoms with E-state index in [-0.39, 0.29) is 5.91 Å². The van der Waals surface area contributed by atoms with Gasteiger partial charge in [-0.3, -0.25) is 4.79 Å². The molecule has 0 aliphatic heterocycles. The van der Waals surface area contributed by atoms with Gasteiger partial charge in [0.25, 0.3) is 0 Å². The molecule has 1 unspecified atom stereocenters. The van der Waals surface area contributed by atoms with Gasteiger partial charge in [0.15, 0.2) is 0 Å². The lowest BCUT2D eigenvalue weighted by atomic mass is 9.98. The Morgan fingerprint density at radius 1 is 1.11 bits per heavy atom. The number of carbonyl (C=O) groups excluding carboxylic acids is 1. The van der Waals surface area contributed by atoms with Crippen LogP contribution in [0.4, 0.5) is 0 Å². The monoisotopic (exact) mass is 363 g/mol. The second kappa shape index (κ2) is 8.85. The molecule has 3 rings (SSSR count). The fourth-order valence-corrected chi connectivity index (χ4v) is 3.30. The molecule has 1 N–H and O–H groups in total. The highest BCUT2D eigenvalue weighted by molar-refractivity contribution is 5.77. The Morgan fingerprint density at radius 3 is 2.56 bits per heavy atom. The summed E-state index contributed by atoms with van der Waals surface area (Å²) in [5.74, 6) is 1.55. The Balaban J connectivity index is 1.85. The molecule has 27 heavy (non-hydrogen) atoms. The Kier molecular flexibility index (Phi) is 6.28. The first-order valence-corrected chi connectivity index (χ1v) is 9.92. The van der Waals surface area contributed by atoms with Crippen LogP contribution < -0.4 is 5.32 Å². The highest BCUT2D eigenvalue weighted by atomic mass is 16.1. The third kappa shape index (κ3) is 4.57. The van der Waals surface area contributed by atoms with Crippen molar-refractivity contribution >= 4 is 16.9 Å². The number of hydrogen-bond donors (Lipinski definition) is 1. The van der Waals surface area contributed by atoms with E-state index in [2.05, 4.69) is 54.1 Å². The first-order chi connectivity index (χ1) is 13.1. The largest absolute Gasteiger partial charge is 0.349 e. The van der Waals surface area contributed by atoms with Crippen molar-refractivity contribution in [3.05, 3.63) is 65.5 Å². The molecule has 0 radical (unpaired) electrons. The third-order valence-corrected chi connectivity index (χ3v) is 5.16. The number of amides is 1. The van der Waals surface area contributed by atoms with E-state index in [1.165, 1.54) is 11.1 Å². The molecule has 1 heterocycles. The first-order valence-electron chi connectivity index (χ1n) is 9.92. The minimum atomic E-state index is 0.0778. The first kappa shape index (κ1) is 19.2. The van der Waals surface area contributed by atoms with Crippen LogP contribution in [0.1, 0.15) is 62.9 Å². The molecule has 4 nitrogen and oxygen atoms in total. The quantitative estimate of drug-likeness (QED) is 0.611. The number of hydrogen-bond acceptors (Lipinski definition) is 2. The van der Waals surface area contributed by atoms with Crippen molar-refractivity contribution in [1.29, 1.82) is 0 Å². The summed E-state index contributed by atoms with van der Waals surface area (Å²) in [7, 11) is 0. The number of nitrogens with one attached hydrogen (secondary N) is 1. The van der Waals surface area contributed by atoms with Crippen LogP contribution in [0.2, 0.25) is 0 Å². The maximum Gasteiger partial charge on any atom is 0.220 e. The molecule has 3 aromatic rings. The minimum Gasteiger partial charge on any atom is -0.349 e. The molecule has 1 aromatic heterocycles. The fraction of sp³-hybridized carbons (Fsp3) is 0.391. The van der Waals surface area contributed by atoms with Gasteiger partial charge in [-0.1, -0.05) is 57.2 Å². The predicted octanol–water partition coefficient (Wildman–Crippen LogP) is 5.01. The second-order valence-corrected chi connectivity index (χ2v) is 7.18. The average Bonchev–Trinajstić information content (AvgIpc) is 3.04. The molecular weight excluding hydrogens is 334 g/mol. The molecule has 2 aromatic carbocycles. The Labute approximate surface area is 161 Å². The summed E-state index contributed by atoms with van der Waals surface area (Å²) in [4.78, 5) is 16.6. The summed E-state index contributed by atoms with van der Waals surface area (Å²) < 4.78 is 2.21. The van der Waals surface area contributed by atoms with E-state index in [1.807, 2.05) is 25.1 Å². The lowest BCUT2D eigenvalue weighted by Crippen LogP contribution is -2.24. The zero-order chi connectivity index (χ0) is 19.2. The van der Waals surface area contributed by atoms with Crippen LogP contribution in [0.15, 0.2) is 48.5 Å². The van der Waals surface area contributed by atoms with E-state index >= 15 is 0 Å². The van der Waals surface area contributed by atoms with Crippen molar-refractivity contribution < 1.29 is 4.79 Å². The van der Waals surface area contributed by atoms with Crippen LogP contribution in [0.3, 0.4) is 0 Å². The van der Waals surface area contributed by atoms with Crippen molar-refractivity contribution in [3.8, 4) is 0 Å². The Bertz CT molecular complexity index is 896. The van der Waals surface area contributed by atoms with E-state index in [0.29, 0.717) is 18.9 Å². The smallest absolute Gasteiger partial charge is 0.220 e. The van der Waals surface area contributed by atoms with Crippen LogP contribution in [-0.4, -0.2) is 15.5 Å². The standard InChI is InChI=1S/C23H29N3O/c1-4-8-23(27)24-15-22-25-20-9-6-7-10-21(20)26(22)16-18-11-13-19(14-12-18)17(3)5-2/h6-7,9-14,17H,4-5,8,15-16H2,1-3H3,(H,24,27). The van der Waals surface area contributed by atoms with E-state index in [9.17, 15) is 4.79 Å². The maximum atomic E-state index is 11.9. The van der Waals surface area contributed by atoms with Gasteiger partial charge in [-0.05, 0) is 42.0 Å². The molecule has 142 valence electrons. The molecule has 0 aliphatic rings.